The van der Waals surface area contributed by atoms with Gasteiger partial charge in [0.25, 0.3) is 0 Å². The lowest BCUT2D eigenvalue weighted by atomic mass is 10.2. The van der Waals surface area contributed by atoms with Gasteiger partial charge in [-0.25, -0.2) is 5.43 Å². The third kappa shape index (κ3) is 4.41. The van der Waals surface area contributed by atoms with Gasteiger partial charge in [-0.15, -0.1) is 0 Å². The molecule has 2 aromatic rings. The second-order valence-electron chi connectivity index (χ2n) is 4.71. The number of hydrogen-bond donors (Lipinski definition) is 2. The van der Waals surface area contributed by atoms with Gasteiger partial charge in [-0.1, -0.05) is 30.3 Å². The van der Waals surface area contributed by atoms with E-state index in [0.29, 0.717) is 17.0 Å². The lowest BCUT2D eigenvalue weighted by Crippen LogP contribution is -2.32. The summed E-state index contributed by atoms with van der Waals surface area (Å²) in [5.41, 5.74) is 4.33. The van der Waals surface area contributed by atoms with Crippen LogP contribution in [-0.4, -0.2) is 25.1 Å². The number of methoxy groups -OCH3 is 1. The van der Waals surface area contributed by atoms with Gasteiger partial charge in [-0.3, -0.25) is 9.59 Å². The third-order valence-electron chi connectivity index (χ3n) is 3.11. The molecule has 2 aromatic carbocycles. The minimum absolute atomic E-state index is 0.585. The molecule has 0 aromatic heterocycles. The maximum atomic E-state index is 11.8. The fraction of sp³-hybridized carbons (Fsp3) is 0.118. The first-order valence-electron chi connectivity index (χ1n) is 6.95. The molecular formula is C17H17N3O3. The number of hydrogen-bond acceptors (Lipinski definition) is 4. The molecule has 6 nitrogen and oxygen atoms in total. The molecule has 2 N–H and O–H groups in total. The van der Waals surface area contributed by atoms with E-state index in [1.807, 2.05) is 31.2 Å². The SMILES string of the molecule is COc1ccccc1/C=N\NC(=O)C(=O)Nc1ccccc1C. The zero-order valence-corrected chi connectivity index (χ0v) is 12.9. The molecule has 0 aliphatic carbocycles. The van der Waals surface area contributed by atoms with Crippen molar-refractivity contribution in [3.05, 3.63) is 59.7 Å². The summed E-state index contributed by atoms with van der Waals surface area (Å²) in [6.07, 6.45) is 1.41. The summed E-state index contributed by atoms with van der Waals surface area (Å²) in [5, 5.41) is 6.30. The number of carbonyl (C=O) groups excluding carboxylic acids is 2. The fourth-order valence-electron chi connectivity index (χ4n) is 1.88. The Balaban J connectivity index is 1.95. The Morgan fingerprint density at radius 2 is 1.74 bits per heavy atom. The normalized spacial score (nSPS) is 10.3. The summed E-state index contributed by atoms with van der Waals surface area (Å²) in [4.78, 5) is 23.5. The first-order valence-corrected chi connectivity index (χ1v) is 6.95. The molecule has 0 unspecified atom stereocenters. The largest absolute Gasteiger partial charge is 0.496 e. The highest BCUT2D eigenvalue weighted by Gasteiger charge is 2.13. The van der Waals surface area contributed by atoms with Crippen molar-refractivity contribution in [1.29, 1.82) is 0 Å². The molecule has 2 amide bonds. The zero-order chi connectivity index (χ0) is 16.7. The van der Waals surface area contributed by atoms with Crippen LogP contribution in [0.4, 0.5) is 5.69 Å². The smallest absolute Gasteiger partial charge is 0.329 e. The molecule has 0 atom stereocenters. The molecule has 2 rings (SSSR count). The van der Waals surface area contributed by atoms with Crippen LogP contribution in [0.5, 0.6) is 5.75 Å². The summed E-state index contributed by atoms with van der Waals surface area (Å²) in [6, 6.07) is 14.4. The molecule has 0 fully saturated rings. The predicted molar refractivity (Wildman–Crippen MR) is 88.5 cm³/mol. The van der Waals surface area contributed by atoms with Gasteiger partial charge in [-0.05, 0) is 30.7 Å². The number of para-hydroxylation sites is 2. The molecular weight excluding hydrogens is 294 g/mol. The summed E-state index contributed by atoms with van der Waals surface area (Å²) in [7, 11) is 1.54. The van der Waals surface area contributed by atoms with E-state index >= 15 is 0 Å². The fourth-order valence-corrected chi connectivity index (χ4v) is 1.88. The summed E-state index contributed by atoms with van der Waals surface area (Å²) in [5.74, 6) is -1.01. The Bertz CT molecular complexity index is 741. The van der Waals surface area contributed by atoms with E-state index in [1.165, 1.54) is 6.21 Å². The number of nitrogens with one attached hydrogen (secondary N) is 2. The number of anilines is 1. The topological polar surface area (TPSA) is 79.8 Å². The van der Waals surface area contributed by atoms with Crippen LogP contribution in [0.2, 0.25) is 0 Å². The van der Waals surface area contributed by atoms with Crippen molar-refractivity contribution >= 4 is 23.7 Å². The summed E-state index contributed by atoms with van der Waals surface area (Å²) < 4.78 is 5.16. The van der Waals surface area contributed by atoms with Crippen molar-refractivity contribution in [3.63, 3.8) is 0 Å². The number of aryl methyl sites for hydroxylation is 1. The quantitative estimate of drug-likeness (QED) is 0.515. The lowest BCUT2D eigenvalue weighted by molar-refractivity contribution is -0.136. The Labute approximate surface area is 134 Å². The van der Waals surface area contributed by atoms with Gasteiger partial charge >= 0.3 is 11.8 Å². The molecule has 6 heteroatoms. The molecule has 0 saturated heterocycles. The van der Waals surface area contributed by atoms with Crippen LogP contribution < -0.4 is 15.5 Å². The Morgan fingerprint density at radius 3 is 2.48 bits per heavy atom. The van der Waals surface area contributed by atoms with Crippen LogP contribution >= 0.6 is 0 Å². The second kappa shape index (κ2) is 7.74. The average molecular weight is 311 g/mol. The van der Waals surface area contributed by atoms with Gasteiger partial charge in [0.15, 0.2) is 0 Å². The molecule has 0 saturated carbocycles. The van der Waals surface area contributed by atoms with Gasteiger partial charge < -0.3 is 10.1 Å². The van der Waals surface area contributed by atoms with Crippen LogP contribution in [0.25, 0.3) is 0 Å². The number of nitrogens with zero attached hydrogens (tertiary/aromatic N) is 1. The number of hydrazone groups is 1. The van der Waals surface area contributed by atoms with Crippen molar-refractivity contribution in [2.45, 2.75) is 6.92 Å². The van der Waals surface area contributed by atoms with Gasteiger partial charge in [-0.2, -0.15) is 5.10 Å². The monoisotopic (exact) mass is 311 g/mol. The van der Waals surface area contributed by atoms with E-state index in [2.05, 4.69) is 15.8 Å². The van der Waals surface area contributed by atoms with E-state index in [9.17, 15) is 9.59 Å². The van der Waals surface area contributed by atoms with E-state index < -0.39 is 11.8 Å². The predicted octanol–water partition coefficient (Wildman–Crippen LogP) is 2.09. The maximum Gasteiger partial charge on any atom is 0.329 e. The first-order chi connectivity index (χ1) is 11.1. The van der Waals surface area contributed by atoms with E-state index in [-0.39, 0.29) is 0 Å². The molecule has 23 heavy (non-hydrogen) atoms. The van der Waals surface area contributed by atoms with Gasteiger partial charge in [0.2, 0.25) is 0 Å². The lowest BCUT2D eigenvalue weighted by Gasteiger charge is -2.06. The molecule has 0 aliphatic rings. The summed E-state index contributed by atoms with van der Waals surface area (Å²) >= 11 is 0. The number of ether oxygens (including phenoxy) is 1. The minimum Gasteiger partial charge on any atom is -0.496 e. The average Bonchev–Trinajstić information content (AvgIpc) is 2.57. The Hall–Kier alpha value is -3.15. The van der Waals surface area contributed by atoms with Crippen LogP contribution in [0.15, 0.2) is 53.6 Å². The Morgan fingerprint density at radius 1 is 1.04 bits per heavy atom. The number of rotatable bonds is 4. The summed E-state index contributed by atoms with van der Waals surface area (Å²) in [6.45, 7) is 1.84. The van der Waals surface area contributed by atoms with E-state index in [4.69, 9.17) is 4.74 Å². The Kier molecular flexibility index (Phi) is 5.46. The molecule has 118 valence electrons. The molecule has 0 radical (unpaired) electrons. The molecule has 0 spiro atoms. The van der Waals surface area contributed by atoms with E-state index in [1.54, 1.807) is 31.4 Å². The van der Waals surface area contributed by atoms with Crippen molar-refractivity contribution in [2.24, 2.45) is 5.10 Å². The van der Waals surface area contributed by atoms with Crippen molar-refractivity contribution in [1.82, 2.24) is 5.43 Å². The first kappa shape index (κ1) is 16.2. The van der Waals surface area contributed by atoms with Gasteiger partial charge in [0.1, 0.15) is 5.75 Å². The maximum absolute atomic E-state index is 11.8. The minimum atomic E-state index is -0.848. The number of amides is 2. The highest BCUT2D eigenvalue weighted by molar-refractivity contribution is 6.39. The molecule has 0 aliphatic heterocycles. The highest BCUT2D eigenvalue weighted by atomic mass is 16.5. The molecule has 0 heterocycles. The van der Waals surface area contributed by atoms with Gasteiger partial charge in [0, 0.05) is 11.3 Å². The van der Waals surface area contributed by atoms with Crippen LogP contribution in [0, 0.1) is 6.92 Å². The van der Waals surface area contributed by atoms with Crippen LogP contribution in [0.1, 0.15) is 11.1 Å². The van der Waals surface area contributed by atoms with Gasteiger partial charge in [0.05, 0.1) is 13.3 Å². The second-order valence-corrected chi connectivity index (χ2v) is 4.71. The van der Waals surface area contributed by atoms with Crippen LogP contribution in [0.3, 0.4) is 0 Å². The van der Waals surface area contributed by atoms with Crippen molar-refractivity contribution in [3.8, 4) is 5.75 Å². The van der Waals surface area contributed by atoms with E-state index in [0.717, 1.165) is 5.56 Å². The third-order valence-corrected chi connectivity index (χ3v) is 3.11. The standard InChI is InChI=1S/C17H17N3O3/c1-12-7-3-5-9-14(12)19-16(21)17(22)20-18-11-13-8-4-6-10-15(13)23-2/h3-11H,1-2H3,(H,19,21)(H,20,22)/b18-11-. The number of benzene rings is 2. The van der Waals surface area contributed by atoms with Crippen molar-refractivity contribution < 1.29 is 14.3 Å². The zero-order valence-electron chi connectivity index (χ0n) is 12.9. The van der Waals surface area contributed by atoms with Crippen LogP contribution in [-0.2, 0) is 9.59 Å². The highest BCUT2D eigenvalue weighted by Crippen LogP contribution is 2.14. The number of carbonyl (C=O) groups is 2. The van der Waals surface area contributed by atoms with Crippen molar-refractivity contribution in [2.75, 3.05) is 12.4 Å². The molecule has 0 bridgehead atoms.